The van der Waals surface area contributed by atoms with Crippen LogP contribution in [0.4, 0.5) is 13.2 Å². The number of hydrogen-bond donors (Lipinski definition) is 0. The van der Waals surface area contributed by atoms with Crippen LogP contribution in [0.15, 0.2) is 47.4 Å². The zero-order chi connectivity index (χ0) is 23.7. The van der Waals surface area contributed by atoms with Crippen LogP contribution < -0.4 is 0 Å². The first-order chi connectivity index (χ1) is 14.9. The van der Waals surface area contributed by atoms with Crippen molar-refractivity contribution >= 4 is 15.9 Å². The van der Waals surface area contributed by atoms with Crippen LogP contribution in [0.3, 0.4) is 0 Å². The summed E-state index contributed by atoms with van der Waals surface area (Å²) < 4.78 is 65.4. The predicted molar refractivity (Wildman–Crippen MR) is 115 cm³/mol. The summed E-state index contributed by atoms with van der Waals surface area (Å²) in [6.45, 7) is 4.48. The Kier molecular flexibility index (Phi) is 7.00. The van der Waals surface area contributed by atoms with Crippen LogP contribution in [0, 0.1) is 19.8 Å². The summed E-state index contributed by atoms with van der Waals surface area (Å²) >= 11 is 0. The van der Waals surface area contributed by atoms with E-state index >= 15 is 0 Å². The second-order valence-corrected chi connectivity index (χ2v) is 10.3. The molecule has 0 saturated carbocycles. The monoisotopic (exact) mass is 468 g/mol. The lowest BCUT2D eigenvalue weighted by Crippen LogP contribution is -2.43. The number of aryl methyl sites for hydroxylation is 2. The Bertz CT molecular complexity index is 1070. The first kappa shape index (κ1) is 24.3. The molecule has 0 unspecified atom stereocenters. The minimum atomic E-state index is -4.40. The molecular weight excluding hydrogens is 441 g/mol. The molecule has 1 saturated heterocycles. The van der Waals surface area contributed by atoms with Gasteiger partial charge in [-0.1, -0.05) is 18.2 Å². The average molecular weight is 469 g/mol. The quantitative estimate of drug-likeness (QED) is 0.654. The van der Waals surface area contributed by atoms with Crippen LogP contribution in [0.5, 0.6) is 0 Å². The Morgan fingerprint density at radius 3 is 2.16 bits per heavy atom. The molecule has 9 heteroatoms. The molecule has 1 fully saturated rings. The van der Waals surface area contributed by atoms with Gasteiger partial charge in [0.05, 0.1) is 10.5 Å². The number of piperidine rings is 1. The molecule has 0 bridgehead atoms. The van der Waals surface area contributed by atoms with Crippen molar-refractivity contribution in [2.45, 2.75) is 44.3 Å². The number of amides is 1. The summed E-state index contributed by atoms with van der Waals surface area (Å²) in [5.41, 5.74) is 1.79. The molecule has 32 heavy (non-hydrogen) atoms. The lowest BCUT2D eigenvalue weighted by molar-refractivity contribution is -0.138. The SMILES string of the molecule is Cc1ccc(S(=O)(=O)N2CCC(C(=O)N(C)Cc3ccc(C(F)(F)F)cc3)CC2)cc1C. The molecule has 1 amide bonds. The Hall–Kier alpha value is -2.39. The molecule has 5 nitrogen and oxygen atoms in total. The lowest BCUT2D eigenvalue weighted by Gasteiger charge is -2.32. The van der Waals surface area contributed by atoms with E-state index in [9.17, 15) is 26.4 Å². The van der Waals surface area contributed by atoms with E-state index < -0.39 is 21.8 Å². The van der Waals surface area contributed by atoms with E-state index in [2.05, 4.69) is 0 Å². The molecule has 0 spiro atoms. The molecular formula is C23H27F3N2O3S. The maximum atomic E-state index is 13.0. The van der Waals surface area contributed by atoms with Gasteiger partial charge in [-0.05, 0) is 67.6 Å². The van der Waals surface area contributed by atoms with Gasteiger partial charge < -0.3 is 4.90 Å². The highest BCUT2D eigenvalue weighted by molar-refractivity contribution is 7.89. The van der Waals surface area contributed by atoms with Crippen molar-refractivity contribution in [3.05, 3.63) is 64.7 Å². The fourth-order valence-corrected chi connectivity index (χ4v) is 5.38. The van der Waals surface area contributed by atoms with Gasteiger partial charge in [0.1, 0.15) is 0 Å². The number of hydrogen-bond acceptors (Lipinski definition) is 3. The van der Waals surface area contributed by atoms with Crippen molar-refractivity contribution < 1.29 is 26.4 Å². The van der Waals surface area contributed by atoms with Crippen LogP contribution in [0.2, 0.25) is 0 Å². The van der Waals surface area contributed by atoms with E-state index in [1.807, 2.05) is 13.8 Å². The molecule has 2 aromatic carbocycles. The van der Waals surface area contributed by atoms with Gasteiger partial charge >= 0.3 is 6.18 Å². The summed E-state index contributed by atoms with van der Waals surface area (Å²) in [5.74, 6) is -0.450. The highest BCUT2D eigenvalue weighted by Crippen LogP contribution is 2.30. The largest absolute Gasteiger partial charge is 0.416 e. The second-order valence-electron chi connectivity index (χ2n) is 8.31. The Morgan fingerprint density at radius 1 is 1.03 bits per heavy atom. The van der Waals surface area contributed by atoms with Crippen LogP contribution in [-0.4, -0.2) is 43.7 Å². The highest BCUT2D eigenvalue weighted by atomic mass is 32.2. The van der Waals surface area contributed by atoms with Gasteiger partial charge in [0.25, 0.3) is 0 Å². The molecule has 3 rings (SSSR count). The van der Waals surface area contributed by atoms with Crippen molar-refractivity contribution in [1.82, 2.24) is 9.21 Å². The van der Waals surface area contributed by atoms with Crippen LogP contribution >= 0.6 is 0 Å². The van der Waals surface area contributed by atoms with Crippen LogP contribution in [0.25, 0.3) is 0 Å². The number of carbonyl (C=O) groups is 1. The van der Waals surface area contributed by atoms with Gasteiger partial charge in [-0.25, -0.2) is 8.42 Å². The van der Waals surface area contributed by atoms with E-state index in [1.165, 1.54) is 21.3 Å². The minimum Gasteiger partial charge on any atom is -0.341 e. The van der Waals surface area contributed by atoms with Crippen LogP contribution in [-0.2, 0) is 27.5 Å². The van der Waals surface area contributed by atoms with E-state index in [1.54, 1.807) is 25.2 Å². The summed E-state index contributed by atoms with van der Waals surface area (Å²) in [4.78, 5) is 14.6. The van der Waals surface area contributed by atoms with E-state index in [4.69, 9.17) is 0 Å². The Morgan fingerprint density at radius 2 is 1.62 bits per heavy atom. The Balaban J connectivity index is 1.59. The third kappa shape index (κ3) is 5.32. The fourth-order valence-electron chi connectivity index (χ4n) is 3.83. The first-order valence-electron chi connectivity index (χ1n) is 10.4. The van der Waals surface area contributed by atoms with Gasteiger partial charge in [-0.3, -0.25) is 4.79 Å². The zero-order valence-electron chi connectivity index (χ0n) is 18.3. The normalized spacial score (nSPS) is 16.2. The van der Waals surface area contributed by atoms with Crippen molar-refractivity contribution in [2.24, 2.45) is 5.92 Å². The molecule has 0 radical (unpaired) electrons. The molecule has 1 aliphatic rings. The van der Waals surface area contributed by atoms with Crippen LogP contribution in [0.1, 0.15) is 35.1 Å². The molecule has 1 heterocycles. The summed E-state index contributed by atoms with van der Waals surface area (Å²) in [6.07, 6.45) is -3.59. The summed E-state index contributed by atoms with van der Waals surface area (Å²) in [5, 5.41) is 0. The van der Waals surface area contributed by atoms with Gasteiger partial charge in [0, 0.05) is 32.6 Å². The van der Waals surface area contributed by atoms with Gasteiger partial charge in [-0.2, -0.15) is 17.5 Å². The smallest absolute Gasteiger partial charge is 0.341 e. The molecule has 1 aliphatic heterocycles. The van der Waals surface area contributed by atoms with Crippen molar-refractivity contribution in [1.29, 1.82) is 0 Å². The third-order valence-electron chi connectivity index (χ3n) is 6.00. The zero-order valence-corrected chi connectivity index (χ0v) is 19.1. The number of alkyl halides is 3. The third-order valence-corrected chi connectivity index (χ3v) is 7.89. The molecule has 174 valence electrons. The average Bonchev–Trinajstić information content (AvgIpc) is 2.75. The van der Waals surface area contributed by atoms with Crippen molar-refractivity contribution in [2.75, 3.05) is 20.1 Å². The highest BCUT2D eigenvalue weighted by Gasteiger charge is 2.33. The van der Waals surface area contributed by atoms with E-state index in [0.29, 0.717) is 18.4 Å². The molecule has 0 atom stereocenters. The number of benzene rings is 2. The van der Waals surface area contributed by atoms with E-state index in [-0.39, 0.29) is 36.4 Å². The summed E-state index contributed by atoms with van der Waals surface area (Å²) in [6, 6.07) is 9.80. The summed E-state index contributed by atoms with van der Waals surface area (Å²) in [7, 11) is -2.01. The minimum absolute atomic E-state index is 0.131. The number of sulfonamides is 1. The predicted octanol–water partition coefficient (Wildman–Crippen LogP) is 4.38. The van der Waals surface area contributed by atoms with Gasteiger partial charge in [-0.15, -0.1) is 0 Å². The van der Waals surface area contributed by atoms with Crippen molar-refractivity contribution in [3.63, 3.8) is 0 Å². The van der Waals surface area contributed by atoms with E-state index in [0.717, 1.165) is 23.3 Å². The molecule has 0 N–H and O–H groups in total. The maximum absolute atomic E-state index is 13.0. The molecule has 0 aromatic heterocycles. The fraction of sp³-hybridized carbons (Fsp3) is 0.435. The molecule has 0 aliphatic carbocycles. The lowest BCUT2D eigenvalue weighted by atomic mass is 9.96. The topological polar surface area (TPSA) is 57.7 Å². The number of halogens is 3. The first-order valence-corrected chi connectivity index (χ1v) is 11.8. The standard InChI is InChI=1S/C23H27F3N2O3S/c1-16-4-9-21(14-17(16)2)32(30,31)28-12-10-19(11-13-28)22(29)27(3)15-18-5-7-20(8-6-18)23(24,25)26/h4-9,14,19H,10-13,15H2,1-3H3. The van der Waals surface area contributed by atoms with Crippen molar-refractivity contribution in [3.8, 4) is 0 Å². The number of rotatable bonds is 5. The molecule has 2 aromatic rings. The maximum Gasteiger partial charge on any atom is 0.416 e. The number of nitrogens with zero attached hydrogens (tertiary/aromatic N) is 2. The Labute approximate surface area is 186 Å². The second kappa shape index (κ2) is 9.23. The van der Waals surface area contributed by atoms with Gasteiger partial charge in [0.2, 0.25) is 15.9 Å². The van der Waals surface area contributed by atoms with Gasteiger partial charge in [0.15, 0.2) is 0 Å². The number of carbonyl (C=O) groups excluding carboxylic acids is 1.